The van der Waals surface area contributed by atoms with Gasteiger partial charge in [-0.3, -0.25) is 4.79 Å². The van der Waals surface area contributed by atoms with Crippen molar-refractivity contribution in [1.82, 2.24) is 4.57 Å². The predicted octanol–water partition coefficient (Wildman–Crippen LogP) is 0.369. The molecule has 1 rings (SSSR count). The first-order chi connectivity index (χ1) is 6.22. The number of ether oxygens (including phenoxy) is 1. The molecule has 0 aliphatic rings. The fraction of sp³-hybridized carbons (Fsp3) is 0.444. The lowest BCUT2D eigenvalue weighted by molar-refractivity contribution is 0.269. The Morgan fingerprint density at radius 3 is 2.77 bits per heavy atom. The molecule has 1 N–H and O–H groups in total. The van der Waals surface area contributed by atoms with Gasteiger partial charge >= 0.3 is 0 Å². The zero-order valence-electron chi connectivity index (χ0n) is 7.78. The number of nitrogens with zero attached hydrogens (tertiary/aromatic N) is 1. The van der Waals surface area contributed by atoms with Crippen molar-refractivity contribution >= 4 is 0 Å². The van der Waals surface area contributed by atoms with Crippen molar-refractivity contribution in [1.29, 1.82) is 0 Å². The Balaban J connectivity index is 3.26. The van der Waals surface area contributed by atoms with Crippen LogP contribution in [0, 0.1) is 0 Å². The highest BCUT2D eigenvalue weighted by Crippen LogP contribution is 2.05. The summed E-state index contributed by atoms with van der Waals surface area (Å²) in [6, 6.07) is 1.39. The van der Waals surface area contributed by atoms with Gasteiger partial charge in [0.2, 0.25) is 5.43 Å². The second kappa shape index (κ2) is 4.09. The standard InChI is InChI=1S/C9H13NO3/c1-3-10-5-9(13-2)8(12)4-7(10)6-11/h4-5,11H,3,6H2,1-2H3. The summed E-state index contributed by atoms with van der Waals surface area (Å²) in [5.74, 6) is 0.305. The second-order valence-electron chi connectivity index (χ2n) is 2.64. The van der Waals surface area contributed by atoms with E-state index in [0.29, 0.717) is 18.0 Å². The summed E-state index contributed by atoms with van der Waals surface area (Å²) in [5.41, 5.74) is 0.407. The molecule has 0 aliphatic carbocycles. The molecule has 0 radical (unpaired) electrons. The zero-order chi connectivity index (χ0) is 9.84. The Morgan fingerprint density at radius 2 is 2.31 bits per heavy atom. The van der Waals surface area contributed by atoms with Crippen LogP contribution in [-0.2, 0) is 13.2 Å². The van der Waals surface area contributed by atoms with Crippen LogP contribution in [0.3, 0.4) is 0 Å². The number of rotatable bonds is 3. The molecule has 0 atom stereocenters. The van der Waals surface area contributed by atoms with Crippen LogP contribution < -0.4 is 10.2 Å². The molecule has 0 saturated carbocycles. The van der Waals surface area contributed by atoms with Crippen LogP contribution in [-0.4, -0.2) is 16.8 Å². The third kappa shape index (κ3) is 1.89. The summed E-state index contributed by atoms with van der Waals surface area (Å²) in [4.78, 5) is 11.2. The molecule has 1 heterocycles. The van der Waals surface area contributed by atoms with Crippen LogP contribution in [0.1, 0.15) is 12.6 Å². The number of aromatic nitrogens is 1. The topological polar surface area (TPSA) is 51.5 Å². The van der Waals surface area contributed by atoms with Crippen LogP contribution in [0.2, 0.25) is 0 Å². The maximum absolute atomic E-state index is 11.2. The van der Waals surface area contributed by atoms with E-state index in [1.54, 1.807) is 10.8 Å². The number of hydrogen-bond acceptors (Lipinski definition) is 3. The van der Waals surface area contributed by atoms with E-state index in [1.807, 2.05) is 6.92 Å². The first-order valence-corrected chi connectivity index (χ1v) is 4.11. The lowest BCUT2D eigenvalue weighted by atomic mass is 10.3. The number of aryl methyl sites for hydroxylation is 1. The Labute approximate surface area is 76.4 Å². The largest absolute Gasteiger partial charge is 0.491 e. The van der Waals surface area contributed by atoms with Gasteiger partial charge in [0.05, 0.1) is 19.9 Å². The highest BCUT2D eigenvalue weighted by atomic mass is 16.5. The number of pyridine rings is 1. The van der Waals surface area contributed by atoms with E-state index in [-0.39, 0.29) is 12.0 Å². The maximum Gasteiger partial charge on any atom is 0.223 e. The van der Waals surface area contributed by atoms with Crippen LogP contribution >= 0.6 is 0 Å². The van der Waals surface area contributed by atoms with Crippen molar-refractivity contribution < 1.29 is 9.84 Å². The van der Waals surface area contributed by atoms with Crippen molar-refractivity contribution in [2.45, 2.75) is 20.1 Å². The van der Waals surface area contributed by atoms with Gasteiger partial charge in [0.1, 0.15) is 0 Å². The first-order valence-electron chi connectivity index (χ1n) is 4.11. The van der Waals surface area contributed by atoms with Gasteiger partial charge in [0.25, 0.3) is 0 Å². The lowest BCUT2D eigenvalue weighted by Crippen LogP contribution is -2.13. The third-order valence-corrected chi connectivity index (χ3v) is 1.91. The summed E-state index contributed by atoms with van der Waals surface area (Å²) in [6.07, 6.45) is 1.61. The monoisotopic (exact) mass is 183 g/mol. The van der Waals surface area contributed by atoms with Gasteiger partial charge in [-0.05, 0) is 6.92 Å². The van der Waals surface area contributed by atoms with Gasteiger partial charge in [-0.25, -0.2) is 0 Å². The molecule has 0 fully saturated rings. The fourth-order valence-corrected chi connectivity index (χ4v) is 1.18. The highest BCUT2D eigenvalue weighted by molar-refractivity contribution is 5.21. The van der Waals surface area contributed by atoms with E-state index in [0.717, 1.165) is 0 Å². The Bertz CT molecular complexity index is 343. The summed E-state index contributed by atoms with van der Waals surface area (Å²) in [7, 11) is 1.45. The molecular weight excluding hydrogens is 170 g/mol. The molecule has 0 bridgehead atoms. The van der Waals surface area contributed by atoms with Crippen LogP contribution in [0.5, 0.6) is 5.75 Å². The quantitative estimate of drug-likeness (QED) is 0.736. The minimum Gasteiger partial charge on any atom is -0.491 e. The SMILES string of the molecule is CCn1cc(OC)c(=O)cc1CO. The highest BCUT2D eigenvalue weighted by Gasteiger charge is 2.04. The van der Waals surface area contributed by atoms with Crippen molar-refractivity contribution in [2.75, 3.05) is 7.11 Å². The van der Waals surface area contributed by atoms with Gasteiger partial charge in [-0.1, -0.05) is 0 Å². The average Bonchev–Trinajstić information content (AvgIpc) is 2.17. The molecular formula is C9H13NO3. The third-order valence-electron chi connectivity index (χ3n) is 1.91. The average molecular weight is 183 g/mol. The molecule has 0 aliphatic heterocycles. The summed E-state index contributed by atoms with van der Waals surface area (Å²) >= 11 is 0. The van der Waals surface area contributed by atoms with Gasteiger partial charge in [-0.15, -0.1) is 0 Å². The zero-order valence-corrected chi connectivity index (χ0v) is 7.78. The lowest BCUT2D eigenvalue weighted by Gasteiger charge is -2.10. The molecule has 13 heavy (non-hydrogen) atoms. The molecule has 0 saturated heterocycles. The molecule has 0 unspecified atom stereocenters. The number of hydrogen-bond donors (Lipinski definition) is 1. The molecule has 4 nitrogen and oxygen atoms in total. The second-order valence-corrected chi connectivity index (χ2v) is 2.64. The molecule has 4 heteroatoms. The Hall–Kier alpha value is -1.29. The maximum atomic E-state index is 11.2. The van der Waals surface area contributed by atoms with E-state index in [9.17, 15) is 4.79 Å². The minimum absolute atomic E-state index is 0.132. The first kappa shape index (κ1) is 9.80. The molecule has 1 aromatic rings. The molecule has 72 valence electrons. The molecule has 0 amide bonds. The number of methoxy groups -OCH3 is 1. The summed E-state index contributed by atoms with van der Waals surface area (Å²) < 4.78 is 6.65. The van der Waals surface area contributed by atoms with E-state index in [1.165, 1.54) is 13.2 Å². The van der Waals surface area contributed by atoms with Crippen LogP contribution in [0.15, 0.2) is 17.1 Å². The van der Waals surface area contributed by atoms with E-state index in [4.69, 9.17) is 9.84 Å². The van der Waals surface area contributed by atoms with Crippen molar-refractivity contribution in [3.05, 3.63) is 28.2 Å². The van der Waals surface area contributed by atoms with Gasteiger partial charge in [0, 0.05) is 18.3 Å². The molecule has 0 aromatic carbocycles. The normalized spacial score (nSPS) is 10.1. The van der Waals surface area contributed by atoms with Crippen molar-refractivity contribution in [2.24, 2.45) is 0 Å². The van der Waals surface area contributed by atoms with E-state index >= 15 is 0 Å². The van der Waals surface area contributed by atoms with Crippen LogP contribution in [0.4, 0.5) is 0 Å². The smallest absolute Gasteiger partial charge is 0.223 e. The number of aliphatic hydroxyl groups excluding tert-OH is 1. The summed E-state index contributed by atoms with van der Waals surface area (Å²) in [6.45, 7) is 2.50. The fourth-order valence-electron chi connectivity index (χ4n) is 1.18. The van der Waals surface area contributed by atoms with E-state index in [2.05, 4.69) is 0 Å². The summed E-state index contributed by atoms with van der Waals surface area (Å²) in [5, 5.41) is 8.94. The van der Waals surface area contributed by atoms with Crippen molar-refractivity contribution in [3.63, 3.8) is 0 Å². The molecule has 0 spiro atoms. The van der Waals surface area contributed by atoms with Gasteiger partial charge in [-0.2, -0.15) is 0 Å². The molecule has 1 aromatic heterocycles. The Kier molecular flexibility index (Phi) is 3.08. The van der Waals surface area contributed by atoms with E-state index < -0.39 is 0 Å². The van der Waals surface area contributed by atoms with Crippen LogP contribution in [0.25, 0.3) is 0 Å². The Morgan fingerprint density at radius 1 is 1.62 bits per heavy atom. The van der Waals surface area contributed by atoms with Crippen molar-refractivity contribution in [3.8, 4) is 5.75 Å². The van der Waals surface area contributed by atoms with Gasteiger partial charge < -0.3 is 14.4 Å². The van der Waals surface area contributed by atoms with Gasteiger partial charge in [0.15, 0.2) is 5.75 Å². The number of aliphatic hydroxyl groups is 1. The minimum atomic E-state index is -0.198. The predicted molar refractivity (Wildman–Crippen MR) is 48.9 cm³/mol.